The minimum atomic E-state index is 0.201. The fourth-order valence-electron chi connectivity index (χ4n) is 3.50. The van der Waals surface area contributed by atoms with Crippen LogP contribution in [0.3, 0.4) is 0 Å². The highest BCUT2D eigenvalue weighted by molar-refractivity contribution is 5.31. The van der Waals surface area contributed by atoms with E-state index in [1.165, 1.54) is 18.4 Å². The smallest absolute Gasteiger partial charge is 0.119 e. The summed E-state index contributed by atoms with van der Waals surface area (Å²) in [6.07, 6.45) is 2.41. The number of nitrogens with one attached hydrogen (secondary N) is 1. The van der Waals surface area contributed by atoms with Crippen molar-refractivity contribution in [1.29, 1.82) is 0 Å². The Kier molecular flexibility index (Phi) is 4.98. The Morgan fingerprint density at radius 1 is 1.10 bits per heavy atom. The SMILES string of the molecule is CC(C)(C)CC(C)(C)c1ccc(OC[C@@H]2CCNC2)cc1. The maximum Gasteiger partial charge on any atom is 0.119 e. The molecule has 0 unspecified atom stereocenters. The van der Waals surface area contributed by atoms with Gasteiger partial charge in [0.2, 0.25) is 0 Å². The van der Waals surface area contributed by atoms with Gasteiger partial charge in [-0.3, -0.25) is 0 Å². The molecule has 2 rings (SSSR count). The molecule has 1 N–H and O–H groups in total. The van der Waals surface area contributed by atoms with Crippen LogP contribution in [0.4, 0.5) is 0 Å². The van der Waals surface area contributed by atoms with E-state index in [0.717, 1.165) is 25.4 Å². The summed E-state index contributed by atoms with van der Waals surface area (Å²) in [7, 11) is 0. The molecule has 1 fully saturated rings. The molecular formula is C19H31NO. The maximum atomic E-state index is 5.92. The molecule has 1 aromatic rings. The van der Waals surface area contributed by atoms with Crippen molar-refractivity contribution in [2.75, 3.05) is 19.7 Å². The van der Waals surface area contributed by atoms with Crippen LogP contribution in [0.1, 0.15) is 53.0 Å². The fraction of sp³-hybridized carbons (Fsp3) is 0.684. The van der Waals surface area contributed by atoms with Crippen molar-refractivity contribution >= 4 is 0 Å². The summed E-state index contributed by atoms with van der Waals surface area (Å²) >= 11 is 0. The number of benzene rings is 1. The van der Waals surface area contributed by atoms with Gasteiger partial charge in [-0.1, -0.05) is 46.8 Å². The lowest BCUT2D eigenvalue weighted by Gasteiger charge is -2.33. The molecule has 118 valence electrons. The number of rotatable bonds is 5. The van der Waals surface area contributed by atoms with Crippen molar-refractivity contribution in [2.45, 2.75) is 52.9 Å². The first-order valence-electron chi connectivity index (χ1n) is 8.20. The first kappa shape index (κ1) is 16.4. The fourth-order valence-corrected chi connectivity index (χ4v) is 3.50. The van der Waals surface area contributed by atoms with E-state index in [9.17, 15) is 0 Å². The molecule has 0 radical (unpaired) electrons. The molecule has 0 saturated carbocycles. The quantitative estimate of drug-likeness (QED) is 0.868. The molecule has 1 aliphatic heterocycles. The van der Waals surface area contributed by atoms with E-state index in [2.05, 4.69) is 64.2 Å². The molecule has 1 atom stereocenters. The highest BCUT2D eigenvalue weighted by Gasteiger charge is 2.27. The predicted molar refractivity (Wildman–Crippen MR) is 90.0 cm³/mol. The van der Waals surface area contributed by atoms with Crippen LogP contribution in [-0.2, 0) is 5.41 Å². The van der Waals surface area contributed by atoms with Gasteiger partial charge in [0.05, 0.1) is 6.61 Å². The average Bonchev–Trinajstić information content (AvgIpc) is 2.87. The molecule has 2 heteroatoms. The van der Waals surface area contributed by atoms with Gasteiger partial charge in [0.25, 0.3) is 0 Å². The molecule has 1 aromatic carbocycles. The van der Waals surface area contributed by atoms with Crippen LogP contribution >= 0.6 is 0 Å². The molecule has 1 aliphatic rings. The summed E-state index contributed by atoms with van der Waals surface area (Å²) in [5, 5.41) is 3.38. The predicted octanol–water partition coefficient (Wildman–Crippen LogP) is 4.39. The van der Waals surface area contributed by atoms with Crippen LogP contribution in [0.25, 0.3) is 0 Å². The summed E-state index contributed by atoms with van der Waals surface area (Å²) in [6.45, 7) is 14.6. The van der Waals surface area contributed by atoms with Crippen LogP contribution in [0.2, 0.25) is 0 Å². The van der Waals surface area contributed by atoms with E-state index in [-0.39, 0.29) is 5.41 Å². The zero-order valence-corrected chi connectivity index (χ0v) is 14.3. The second-order valence-electron chi connectivity index (χ2n) is 8.32. The Bertz CT molecular complexity index is 436. The highest BCUT2D eigenvalue weighted by Crippen LogP contribution is 2.36. The van der Waals surface area contributed by atoms with E-state index < -0.39 is 0 Å². The van der Waals surface area contributed by atoms with Gasteiger partial charge in [-0.05, 0) is 47.9 Å². The lowest BCUT2D eigenvalue weighted by molar-refractivity contribution is 0.259. The lowest BCUT2D eigenvalue weighted by Crippen LogP contribution is -2.24. The highest BCUT2D eigenvalue weighted by atomic mass is 16.5. The lowest BCUT2D eigenvalue weighted by atomic mass is 9.72. The number of ether oxygens (including phenoxy) is 1. The van der Waals surface area contributed by atoms with Gasteiger partial charge in [0.15, 0.2) is 0 Å². The van der Waals surface area contributed by atoms with Crippen molar-refractivity contribution in [2.24, 2.45) is 11.3 Å². The Balaban J connectivity index is 1.94. The first-order valence-corrected chi connectivity index (χ1v) is 8.20. The van der Waals surface area contributed by atoms with Gasteiger partial charge in [0, 0.05) is 12.5 Å². The third kappa shape index (κ3) is 5.03. The van der Waals surface area contributed by atoms with Gasteiger partial charge >= 0.3 is 0 Å². The molecule has 21 heavy (non-hydrogen) atoms. The topological polar surface area (TPSA) is 21.3 Å². The van der Waals surface area contributed by atoms with E-state index in [4.69, 9.17) is 4.74 Å². The summed E-state index contributed by atoms with van der Waals surface area (Å²) in [5.41, 5.74) is 1.94. The maximum absolute atomic E-state index is 5.92. The molecular weight excluding hydrogens is 258 g/mol. The largest absolute Gasteiger partial charge is 0.493 e. The van der Waals surface area contributed by atoms with Crippen molar-refractivity contribution in [3.05, 3.63) is 29.8 Å². The van der Waals surface area contributed by atoms with Crippen LogP contribution < -0.4 is 10.1 Å². The van der Waals surface area contributed by atoms with Gasteiger partial charge in [-0.2, -0.15) is 0 Å². The van der Waals surface area contributed by atoms with Crippen molar-refractivity contribution < 1.29 is 4.74 Å². The minimum absolute atomic E-state index is 0.201. The summed E-state index contributed by atoms with van der Waals surface area (Å²) in [5.74, 6) is 1.67. The Morgan fingerprint density at radius 3 is 2.29 bits per heavy atom. The standard InChI is InChI=1S/C19H31NO/c1-18(2,3)14-19(4,5)16-6-8-17(9-7-16)21-13-15-10-11-20-12-15/h6-9,15,20H,10-14H2,1-5H3/t15-/m1/s1. The van der Waals surface area contributed by atoms with E-state index in [0.29, 0.717) is 11.3 Å². The monoisotopic (exact) mass is 289 g/mol. The molecule has 0 spiro atoms. The third-order valence-electron chi connectivity index (χ3n) is 4.26. The van der Waals surface area contributed by atoms with Crippen LogP contribution in [0, 0.1) is 11.3 Å². The van der Waals surface area contributed by atoms with Crippen LogP contribution in [0.15, 0.2) is 24.3 Å². The first-order chi connectivity index (χ1) is 9.76. The average molecular weight is 289 g/mol. The molecule has 0 aliphatic carbocycles. The Morgan fingerprint density at radius 2 is 1.76 bits per heavy atom. The Hall–Kier alpha value is -1.02. The van der Waals surface area contributed by atoms with Crippen molar-refractivity contribution in [3.63, 3.8) is 0 Å². The number of hydrogen-bond donors (Lipinski definition) is 1. The van der Waals surface area contributed by atoms with Gasteiger partial charge in [-0.15, -0.1) is 0 Å². The summed E-state index contributed by atoms with van der Waals surface area (Å²) in [6, 6.07) is 8.71. The minimum Gasteiger partial charge on any atom is -0.493 e. The van der Waals surface area contributed by atoms with Gasteiger partial charge in [-0.25, -0.2) is 0 Å². The third-order valence-corrected chi connectivity index (χ3v) is 4.26. The number of hydrogen-bond acceptors (Lipinski definition) is 2. The zero-order chi connectivity index (χ0) is 15.5. The second-order valence-corrected chi connectivity index (χ2v) is 8.32. The normalized spacial score (nSPS) is 19.8. The van der Waals surface area contributed by atoms with Crippen LogP contribution in [0.5, 0.6) is 5.75 Å². The van der Waals surface area contributed by atoms with Crippen molar-refractivity contribution in [1.82, 2.24) is 5.32 Å². The second kappa shape index (κ2) is 6.39. The van der Waals surface area contributed by atoms with E-state index in [1.807, 2.05) is 0 Å². The van der Waals surface area contributed by atoms with Crippen LogP contribution in [-0.4, -0.2) is 19.7 Å². The Labute approximate surface area is 130 Å². The molecule has 2 nitrogen and oxygen atoms in total. The van der Waals surface area contributed by atoms with Crippen molar-refractivity contribution in [3.8, 4) is 5.75 Å². The van der Waals surface area contributed by atoms with Gasteiger partial charge < -0.3 is 10.1 Å². The molecule has 1 saturated heterocycles. The molecule has 0 aromatic heterocycles. The summed E-state index contributed by atoms with van der Waals surface area (Å²) < 4.78 is 5.92. The molecule has 0 bridgehead atoms. The molecule has 0 amide bonds. The van der Waals surface area contributed by atoms with E-state index in [1.54, 1.807) is 0 Å². The summed E-state index contributed by atoms with van der Waals surface area (Å²) in [4.78, 5) is 0. The molecule has 1 heterocycles. The zero-order valence-electron chi connectivity index (χ0n) is 14.3. The van der Waals surface area contributed by atoms with Gasteiger partial charge in [0.1, 0.15) is 5.75 Å². The van der Waals surface area contributed by atoms with E-state index >= 15 is 0 Å².